The van der Waals surface area contributed by atoms with E-state index < -0.39 is 128 Å². The fourth-order valence-electron chi connectivity index (χ4n) is 6.96. The fourth-order valence-corrected chi connectivity index (χ4v) is 6.96. The van der Waals surface area contributed by atoms with Crippen LogP contribution in [0.2, 0.25) is 0 Å². The molecule has 0 radical (unpaired) electrons. The van der Waals surface area contributed by atoms with Gasteiger partial charge in [-0.05, 0) is 12.3 Å². The molecule has 18 N–H and O–H groups in total. The second-order valence-corrected chi connectivity index (χ2v) is 13.8. The molecule has 4 fully saturated rings. The zero-order chi connectivity index (χ0) is 36.5. The molecule has 0 spiro atoms. The number of ketones is 1. The molecule has 20 heteroatoms. The van der Waals surface area contributed by atoms with Crippen LogP contribution >= 0.6 is 0 Å². The van der Waals surface area contributed by atoms with Gasteiger partial charge in [0.1, 0.15) is 54.4 Å². The number of nitrogens with one attached hydrogen (secondary N) is 1. The Morgan fingerprint density at radius 1 is 0.840 bits per heavy atom. The minimum Gasteiger partial charge on any atom is -0.395 e. The molecule has 2 saturated carbocycles. The van der Waals surface area contributed by atoms with Crippen molar-refractivity contribution in [2.24, 2.45) is 34.6 Å². The molecule has 3 aliphatic heterocycles. The first kappa shape index (κ1) is 39.8. The summed E-state index contributed by atoms with van der Waals surface area (Å²) in [4.78, 5) is 13.0. The monoisotopic (exact) mass is 722 g/mol. The molecular formula is C30H54N6O14. The van der Waals surface area contributed by atoms with Crippen molar-refractivity contribution in [3.05, 3.63) is 12.2 Å². The molecule has 0 aromatic heterocycles. The Morgan fingerprint density at radius 2 is 1.50 bits per heavy atom. The molecule has 2 aliphatic carbocycles. The molecular weight excluding hydrogens is 668 g/mol. The molecule has 3 heterocycles. The van der Waals surface area contributed by atoms with E-state index >= 15 is 0 Å². The normalized spacial score (nSPS) is 49.3. The van der Waals surface area contributed by atoms with Gasteiger partial charge in [-0.2, -0.15) is 0 Å². The predicted octanol–water partition coefficient (Wildman–Crippen LogP) is -7.73. The highest BCUT2D eigenvalue weighted by molar-refractivity contribution is 5.91. The van der Waals surface area contributed by atoms with Gasteiger partial charge < -0.3 is 98.2 Å². The van der Waals surface area contributed by atoms with Gasteiger partial charge in [0.15, 0.2) is 24.7 Å². The average molecular weight is 723 g/mol. The molecule has 0 aromatic rings. The maximum Gasteiger partial charge on any atom is 0.187 e. The van der Waals surface area contributed by atoms with Gasteiger partial charge in [0.25, 0.3) is 0 Å². The third-order valence-electron chi connectivity index (χ3n) is 10.2. The van der Waals surface area contributed by atoms with Crippen LogP contribution in [-0.4, -0.2) is 184 Å². The van der Waals surface area contributed by atoms with E-state index in [-0.39, 0.29) is 32.4 Å². The van der Waals surface area contributed by atoms with Crippen LogP contribution in [0.4, 0.5) is 0 Å². The third-order valence-corrected chi connectivity index (χ3v) is 10.2. The van der Waals surface area contributed by atoms with Gasteiger partial charge in [0.2, 0.25) is 0 Å². The van der Waals surface area contributed by atoms with E-state index in [1.165, 1.54) is 0 Å². The lowest BCUT2D eigenvalue weighted by molar-refractivity contribution is -0.286. The summed E-state index contributed by atoms with van der Waals surface area (Å²) in [6, 6.07) is -3.62. The molecule has 20 nitrogen and oxygen atoms in total. The summed E-state index contributed by atoms with van der Waals surface area (Å²) >= 11 is 0. The minimum atomic E-state index is -1.69. The van der Waals surface area contributed by atoms with Crippen LogP contribution in [0.3, 0.4) is 0 Å². The smallest absolute Gasteiger partial charge is 0.187 e. The van der Waals surface area contributed by atoms with E-state index in [1.807, 2.05) is 0 Å². The van der Waals surface area contributed by atoms with Crippen LogP contribution < -0.4 is 34.0 Å². The lowest BCUT2D eigenvalue weighted by Gasteiger charge is -2.46. The number of aliphatic hydroxyl groups excluding tert-OH is 6. The van der Waals surface area contributed by atoms with Crippen molar-refractivity contribution in [3.63, 3.8) is 0 Å². The van der Waals surface area contributed by atoms with Crippen LogP contribution in [0.1, 0.15) is 19.3 Å². The third kappa shape index (κ3) is 8.39. The SMILES string of the molecule is NC[C@@H]1O[C@H](O[C@H]2[C@@H](O)[C@H](O[C@@H]3[C@@H](O)[C@H](CC(=O)C4(O)CC4N)C[C@H](N)[C@H]3O[C@H]3O[C@H](CNCCO)C=C[C@H]3N)O[C@@H]2CO)[C@H](N)[C@@H](O)[C@@H]1O. The number of hydrogen-bond acceptors (Lipinski definition) is 20. The molecule has 5 rings (SSSR count). The summed E-state index contributed by atoms with van der Waals surface area (Å²) in [7, 11) is 0. The maximum absolute atomic E-state index is 13.0. The van der Waals surface area contributed by atoms with E-state index in [2.05, 4.69) is 5.32 Å². The maximum atomic E-state index is 13.0. The molecule has 19 atom stereocenters. The first-order chi connectivity index (χ1) is 23.7. The molecule has 0 aromatic carbocycles. The van der Waals surface area contributed by atoms with E-state index in [4.69, 9.17) is 62.2 Å². The van der Waals surface area contributed by atoms with Gasteiger partial charge in [-0.1, -0.05) is 12.2 Å². The van der Waals surface area contributed by atoms with E-state index in [9.17, 15) is 35.4 Å². The number of hydrogen-bond donors (Lipinski definition) is 13. The first-order valence-electron chi connectivity index (χ1n) is 17.0. The molecule has 2 saturated heterocycles. The number of rotatable bonds is 15. The van der Waals surface area contributed by atoms with Gasteiger partial charge in [-0.25, -0.2) is 0 Å². The summed E-state index contributed by atoms with van der Waals surface area (Å²) in [5.74, 6) is -1.39. The highest BCUT2D eigenvalue weighted by atomic mass is 16.8. The quantitative estimate of drug-likeness (QED) is 0.0551. The minimum absolute atomic E-state index is 0.0640. The van der Waals surface area contributed by atoms with Gasteiger partial charge in [0, 0.05) is 44.6 Å². The van der Waals surface area contributed by atoms with Crippen molar-refractivity contribution < 1.29 is 69.0 Å². The highest BCUT2D eigenvalue weighted by Crippen LogP contribution is 2.41. The number of carbonyl (C=O) groups excluding carboxylic acids is 1. The number of carbonyl (C=O) groups is 1. The van der Waals surface area contributed by atoms with E-state index in [1.54, 1.807) is 12.2 Å². The number of aliphatic hydroxyl groups is 7. The lowest BCUT2D eigenvalue weighted by Crippen LogP contribution is -2.64. The Bertz CT molecular complexity index is 1160. The zero-order valence-electron chi connectivity index (χ0n) is 27.6. The van der Waals surface area contributed by atoms with Crippen molar-refractivity contribution in [2.75, 3.05) is 32.8 Å². The largest absolute Gasteiger partial charge is 0.395 e. The molecule has 50 heavy (non-hydrogen) atoms. The van der Waals surface area contributed by atoms with Crippen molar-refractivity contribution in [2.45, 2.75) is 129 Å². The summed E-state index contributed by atoms with van der Waals surface area (Å²) in [6.07, 6.45) is -13.3. The molecule has 2 unspecified atom stereocenters. The summed E-state index contributed by atoms with van der Waals surface area (Å²) < 4.78 is 35.8. The zero-order valence-corrected chi connectivity index (χ0v) is 27.6. The topological polar surface area (TPSA) is 356 Å². The van der Waals surface area contributed by atoms with Crippen LogP contribution in [0.15, 0.2) is 12.2 Å². The van der Waals surface area contributed by atoms with Gasteiger partial charge in [-0.3, -0.25) is 4.79 Å². The molecule has 0 amide bonds. The van der Waals surface area contributed by atoms with E-state index in [0.717, 1.165) is 0 Å². The Kier molecular flexibility index (Phi) is 13.4. The van der Waals surface area contributed by atoms with Gasteiger partial charge in [0.05, 0.1) is 37.5 Å². The fraction of sp³-hybridized carbons (Fsp3) is 0.900. The van der Waals surface area contributed by atoms with Crippen LogP contribution in [0.5, 0.6) is 0 Å². The average Bonchev–Trinajstić information content (AvgIpc) is 3.61. The molecule has 0 bridgehead atoms. The summed E-state index contributed by atoms with van der Waals surface area (Å²) in [5, 5.41) is 76.5. The molecule has 288 valence electrons. The first-order valence-corrected chi connectivity index (χ1v) is 17.0. The standard InChI is InChI=1S/C30H54N6O14/c31-8-15-21(41)22(42)19(35)28(46-15)49-25-16(10-38)47-29(23(25)43)50-26-20(40)11(6-18(39)30(44)7-17(30)34)5-14(33)24(26)48-27-13(32)2-1-12(45-27)9-36-3-4-37/h1-2,11-17,19-29,36-38,40-44H,3-10,31-35H2/t11-,12-,13+,14-,15-,16+,17?,19+,20-,21+,22+,23+,24+,25+,26+,27+,28+,29-,30?/m0/s1. The Labute approximate surface area is 288 Å². The van der Waals surface area contributed by atoms with Gasteiger partial charge in [-0.15, -0.1) is 0 Å². The number of Topliss-reactive ketones (excluding diaryl/α,β-unsaturated/α-hetero) is 1. The molecule has 5 aliphatic rings. The van der Waals surface area contributed by atoms with Crippen molar-refractivity contribution in [1.29, 1.82) is 0 Å². The van der Waals surface area contributed by atoms with Crippen molar-refractivity contribution in [1.82, 2.24) is 5.32 Å². The van der Waals surface area contributed by atoms with Gasteiger partial charge >= 0.3 is 0 Å². The summed E-state index contributed by atoms with van der Waals surface area (Å²) in [5.41, 5.74) is 28.7. The Balaban J connectivity index is 1.34. The van der Waals surface area contributed by atoms with Crippen molar-refractivity contribution in [3.8, 4) is 0 Å². The van der Waals surface area contributed by atoms with Crippen LogP contribution in [0.25, 0.3) is 0 Å². The van der Waals surface area contributed by atoms with Crippen LogP contribution in [-0.2, 0) is 33.2 Å². The summed E-state index contributed by atoms with van der Waals surface area (Å²) in [6.45, 7) is -0.253. The highest BCUT2D eigenvalue weighted by Gasteiger charge is 2.58. The van der Waals surface area contributed by atoms with Crippen molar-refractivity contribution >= 4 is 5.78 Å². The Hall–Kier alpha value is -1.35. The second kappa shape index (κ2) is 16.8. The second-order valence-electron chi connectivity index (χ2n) is 13.8. The lowest BCUT2D eigenvalue weighted by atomic mass is 9.76. The number of ether oxygens (including phenoxy) is 6. The predicted molar refractivity (Wildman–Crippen MR) is 169 cm³/mol. The van der Waals surface area contributed by atoms with Crippen LogP contribution in [0, 0.1) is 5.92 Å². The van der Waals surface area contributed by atoms with E-state index in [0.29, 0.717) is 13.1 Å². The Morgan fingerprint density at radius 3 is 2.14 bits per heavy atom. The number of nitrogens with two attached hydrogens (primary N) is 5.